The van der Waals surface area contributed by atoms with Crippen molar-refractivity contribution < 1.29 is 9.59 Å². The minimum absolute atomic E-state index is 0.0285. The third kappa shape index (κ3) is 3.09. The maximum Gasteiger partial charge on any atom is 0.256 e. The van der Waals surface area contributed by atoms with Crippen LogP contribution in [0.3, 0.4) is 0 Å². The summed E-state index contributed by atoms with van der Waals surface area (Å²) in [6, 6.07) is 16.0. The van der Waals surface area contributed by atoms with E-state index in [1.54, 1.807) is 6.21 Å². The number of hydrogen-bond acceptors (Lipinski definition) is 4. The highest BCUT2D eigenvalue weighted by atomic mass is 16.3. The summed E-state index contributed by atoms with van der Waals surface area (Å²) in [6.45, 7) is 6.47. The van der Waals surface area contributed by atoms with E-state index in [-0.39, 0.29) is 6.61 Å². The normalized spacial score (nSPS) is 20.4. The second-order valence-corrected chi connectivity index (χ2v) is 7.16. The van der Waals surface area contributed by atoms with Crippen molar-refractivity contribution in [1.29, 1.82) is 0 Å². The molecule has 0 saturated carbocycles. The topological polar surface area (TPSA) is 48.2 Å². The predicted octanol–water partition coefficient (Wildman–Crippen LogP) is 3.41. The lowest BCUT2D eigenvalue weighted by atomic mass is 10.1. The van der Waals surface area contributed by atoms with Gasteiger partial charge in [-0.2, -0.15) is 4.99 Å². The van der Waals surface area contributed by atoms with Crippen molar-refractivity contribution >= 4 is 29.1 Å². The fourth-order valence-corrected chi connectivity index (χ4v) is 3.64. The Kier molecular flexibility index (Phi) is 4.71. The van der Waals surface area contributed by atoms with Crippen LogP contribution in [0.25, 0.3) is 11.4 Å². The number of nitrogens with zero attached hydrogens (tertiary/aromatic N) is 4. The first-order valence-electron chi connectivity index (χ1n) is 9.22. The van der Waals surface area contributed by atoms with Crippen molar-refractivity contribution in [3.8, 4) is 0 Å². The molecule has 140 valence electrons. The molecule has 5 nitrogen and oxygen atoms in total. The van der Waals surface area contributed by atoms with Crippen LogP contribution in [-0.4, -0.2) is 48.9 Å². The van der Waals surface area contributed by atoms with Gasteiger partial charge in [-0.25, -0.2) is 9.48 Å². The summed E-state index contributed by atoms with van der Waals surface area (Å²) < 4.78 is 0.339. The van der Waals surface area contributed by atoms with Gasteiger partial charge in [0.15, 0.2) is 5.70 Å². The van der Waals surface area contributed by atoms with Crippen molar-refractivity contribution in [2.75, 3.05) is 32.1 Å². The molecule has 0 bridgehead atoms. The van der Waals surface area contributed by atoms with Gasteiger partial charge in [0.1, 0.15) is 24.7 Å². The zero-order chi connectivity index (χ0) is 19.7. The van der Waals surface area contributed by atoms with Gasteiger partial charge in [-0.15, -0.1) is 0 Å². The monoisotopic (exact) mass is 371 g/mol. The zero-order valence-electron chi connectivity index (χ0n) is 16.1. The molecule has 0 aromatic heterocycles. The first kappa shape index (κ1) is 18.3. The van der Waals surface area contributed by atoms with Gasteiger partial charge in [-0.3, -0.25) is 0 Å². The number of quaternary nitrogens is 1. The SMILES string of the molecule is [CH]c1cccc(C2=C[N+]3(CCO)C(c4ccc(N(C)C)cc4)=CN=C3C=N2)c1. The Balaban J connectivity index is 1.79. The number of aliphatic hydroxyl groups excluding tert-OH is 1. The second kappa shape index (κ2) is 7.19. The maximum absolute atomic E-state index is 9.84. The summed E-state index contributed by atoms with van der Waals surface area (Å²) in [7, 11) is 4.04. The first-order chi connectivity index (χ1) is 13.5. The molecular formula is C23H23N4O+. The molecular weight excluding hydrogens is 348 g/mol. The van der Waals surface area contributed by atoms with E-state index in [0.717, 1.165) is 34.0 Å². The van der Waals surface area contributed by atoms with Crippen LogP contribution in [0, 0.1) is 6.92 Å². The van der Waals surface area contributed by atoms with Crippen LogP contribution in [-0.2, 0) is 0 Å². The molecule has 0 aliphatic carbocycles. The lowest BCUT2D eigenvalue weighted by Gasteiger charge is -2.33. The van der Waals surface area contributed by atoms with Gasteiger partial charge < -0.3 is 10.0 Å². The van der Waals surface area contributed by atoms with Crippen molar-refractivity contribution in [2.45, 2.75) is 0 Å². The van der Waals surface area contributed by atoms with Crippen LogP contribution >= 0.6 is 0 Å². The van der Waals surface area contributed by atoms with E-state index in [0.29, 0.717) is 16.6 Å². The molecule has 2 radical (unpaired) electrons. The molecule has 0 spiro atoms. The zero-order valence-corrected chi connectivity index (χ0v) is 16.1. The van der Waals surface area contributed by atoms with Crippen molar-refractivity contribution in [2.24, 2.45) is 9.98 Å². The quantitative estimate of drug-likeness (QED) is 0.819. The number of anilines is 1. The van der Waals surface area contributed by atoms with E-state index in [4.69, 9.17) is 6.92 Å². The van der Waals surface area contributed by atoms with Crippen LogP contribution in [0.5, 0.6) is 0 Å². The number of aliphatic hydroxyl groups is 1. The minimum atomic E-state index is 0.0285. The molecule has 2 aromatic carbocycles. The minimum Gasteiger partial charge on any atom is -0.390 e. The van der Waals surface area contributed by atoms with Crippen molar-refractivity contribution in [3.05, 3.63) is 84.5 Å². The Bertz CT molecular complexity index is 1020. The summed E-state index contributed by atoms with van der Waals surface area (Å²) in [6.07, 6.45) is 5.72. The maximum atomic E-state index is 9.84. The highest BCUT2D eigenvalue weighted by Crippen LogP contribution is 2.38. The lowest BCUT2D eigenvalue weighted by molar-refractivity contribution is -0.705. The Hall–Kier alpha value is -3.02. The lowest BCUT2D eigenvalue weighted by Crippen LogP contribution is -2.48. The van der Waals surface area contributed by atoms with Gasteiger partial charge in [-0.05, 0) is 42.8 Å². The van der Waals surface area contributed by atoms with E-state index < -0.39 is 0 Å². The third-order valence-corrected chi connectivity index (χ3v) is 5.13. The fourth-order valence-electron chi connectivity index (χ4n) is 3.64. The van der Waals surface area contributed by atoms with Gasteiger partial charge in [-0.1, -0.05) is 18.2 Å². The van der Waals surface area contributed by atoms with Crippen LogP contribution in [0.1, 0.15) is 16.7 Å². The van der Waals surface area contributed by atoms with E-state index in [1.807, 2.05) is 44.6 Å². The van der Waals surface area contributed by atoms with E-state index in [9.17, 15) is 5.11 Å². The molecule has 2 aliphatic rings. The van der Waals surface area contributed by atoms with E-state index in [2.05, 4.69) is 45.4 Å². The van der Waals surface area contributed by atoms with Crippen LogP contribution in [0.4, 0.5) is 5.69 Å². The number of aliphatic imine (C=N–C) groups is 2. The number of fused-ring (bicyclic) bond motifs is 1. The largest absolute Gasteiger partial charge is 0.390 e. The molecule has 0 amide bonds. The number of benzene rings is 2. The van der Waals surface area contributed by atoms with Gasteiger partial charge >= 0.3 is 0 Å². The molecule has 1 N–H and O–H groups in total. The highest BCUT2D eigenvalue weighted by Gasteiger charge is 2.43. The highest BCUT2D eigenvalue weighted by molar-refractivity contribution is 6.30. The third-order valence-electron chi connectivity index (χ3n) is 5.13. The molecule has 28 heavy (non-hydrogen) atoms. The van der Waals surface area contributed by atoms with Crippen LogP contribution < -0.4 is 4.90 Å². The molecule has 0 saturated heterocycles. The van der Waals surface area contributed by atoms with E-state index >= 15 is 0 Å². The number of amidine groups is 1. The predicted molar refractivity (Wildman–Crippen MR) is 115 cm³/mol. The Morgan fingerprint density at radius 3 is 2.54 bits per heavy atom. The molecule has 2 aromatic rings. The Morgan fingerprint density at radius 1 is 1.07 bits per heavy atom. The second-order valence-electron chi connectivity index (χ2n) is 7.16. The first-order valence-corrected chi connectivity index (χ1v) is 9.22. The van der Waals surface area contributed by atoms with Crippen LogP contribution in [0.2, 0.25) is 0 Å². The average molecular weight is 371 g/mol. The average Bonchev–Trinajstić information content (AvgIpc) is 3.06. The smallest absolute Gasteiger partial charge is 0.256 e. The molecule has 1 unspecified atom stereocenters. The summed E-state index contributed by atoms with van der Waals surface area (Å²) in [5.74, 6) is 0.799. The van der Waals surface area contributed by atoms with Gasteiger partial charge in [0.2, 0.25) is 0 Å². The molecule has 2 aliphatic heterocycles. The number of hydrogen-bond donors (Lipinski definition) is 1. The summed E-state index contributed by atoms with van der Waals surface area (Å²) in [4.78, 5) is 11.3. The molecule has 0 fully saturated rings. The standard InChI is InChI=1S/C23H23N4O/c1-17-5-4-6-19(13-17)21-16-27(11-12-28)22(14-25-23(27)15-24-21)18-7-9-20(10-8-18)26(2)3/h1,4-10,13-16,28H,11-12H2,2-3H3/q+1. The molecule has 4 rings (SSSR count). The van der Waals surface area contributed by atoms with E-state index in [1.165, 1.54) is 0 Å². The fraction of sp³-hybridized carbons (Fsp3) is 0.174. The molecule has 2 heterocycles. The summed E-state index contributed by atoms with van der Waals surface area (Å²) in [5.41, 5.74) is 5.67. The molecule has 5 heteroatoms. The number of rotatable bonds is 5. The van der Waals surface area contributed by atoms with Gasteiger partial charge in [0.25, 0.3) is 5.84 Å². The van der Waals surface area contributed by atoms with Gasteiger partial charge in [0, 0.05) is 30.9 Å². The van der Waals surface area contributed by atoms with Gasteiger partial charge in [0.05, 0.1) is 12.8 Å². The summed E-state index contributed by atoms with van der Waals surface area (Å²) >= 11 is 0. The van der Waals surface area contributed by atoms with Crippen molar-refractivity contribution in [3.63, 3.8) is 0 Å². The Morgan fingerprint density at radius 2 is 1.86 bits per heavy atom. The summed E-state index contributed by atoms with van der Waals surface area (Å²) in [5, 5.41) is 9.84. The Labute approximate surface area is 165 Å². The van der Waals surface area contributed by atoms with Crippen molar-refractivity contribution in [1.82, 2.24) is 0 Å². The van der Waals surface area contributed by atoms with Crippen LogP contribution in [0.15, 0.2) is 70.9 Å². The molecule has 1 atom stereocenters.